The summed E-state index contributed by atoms with van der Waals surface area (Å²) in [5, 5.41) is 4.56. The average Bonchev–Trinajstić information content (AvgIpc) is 2.69. The summed E-state index contributed by atoms with van der Waals surface area (Å²) in [5.41, 5.74) is 4.02. The Kier molecular flexibility index (Phi) is 4.39. The number of hydrogen-bond acceptors (Lipinski definition) is 2. The predicted molar refractivity (Wildman–Crippen MR) is 78.2 cm³/mol. The summed E-state index contributed by atoms with van der Waals surface area (Å²) < 4.78 is 0. The first-order valence-electron chi connectivity index (χ1n) is 6.61. The molecule has 0 aliphatic heterocycles. The summed E-state index contributed by atoms with van der Waals surface area (Å²) in [6, 6.07) is 8.56. The molecule has 1 heterocycles. The molecule has 0 unspecified atom stereocenters. The van der Waals surface area contributed by atoms with E-state index < -0.39 is 0 Å². The third-order valence-electron chi connectivity index (χ3n) is 3.51. The number of aromatic nitrogens is 1. The molecule has 0 atom stereocenters. The van der Waals surface area contributed by atoms with E-state index >= 15 is 0 Å². The van der Waals surface area contributed by atoms with Gasteiger partial charge in [-0.1, -0.05) is 18.2 Å². The van der Waals surface area contributed by atoms with E-state index in [1.54, 1.807) is 0 Å². The molecule has 2 aromatic rings. The number of para-hydroxylation sites is 1. The molecule has 0 amide bonds. The zero-order chi connectivity index (χ0) is 13.0. The first-order chi connectivity index (χ1) is 8.72. The van der Waals surface area contributed by atoms with Crippen LogP contribution in [0.3, 0.4) is 0 Å². The van der Waals surface area contributed by atoms with E-state index in [1.165, 1.54) is 22.2 Å². The Hall–Kier alpha value is -1.32. The van der Waals surface area contributed by atoms with Crippen LogP contribution in [-0.4, -0.2) is 43.6 Å². The smallest absolute Gasteiger partial charge is 0.0458 e. The number of fused-ring (bicyclic) bond motifs is 1. The van der Waals surface area contributed by atoms with Crippen molar-refractivity contribution in [2.45, 2.75) is 13.3 Å². The van der Waals surface area contributed by atoms with Crippen LogP contribution in [0.15, 0.2) is 24.3 Å². The van der Waals surface area contributed by atoms with Gasteiger partial charge in [0.25, 0.3) is 0 Å². The number of likely N-dealkylation sites (N-methyl/N-ethyl adjacent to an activating group) is 2. The lowest BCUT2D eigenvalue weighted by Gasteiger charge is -2.16. The molecule has 0 saturated carbocycles. The standard InChI is InChI=1S/C15H23N3/c1-12-13(8-10-18(3)11-9-16-2)14-6-4-5-7-15(14)17-12/h4-7,16-17H,8-11H2,1-3H3. The zero-order valence-electron chi connectivity index (χ0n) is 11.6. The maximum Gasteiger partial charge on any atom is 0.0458 e. The summed E-state index contributed by atoms with van der Waals surface area (Å²) in [7, 11) is 4.18. The van der Waals surface area contributed by atoms with Gasteiger partial charge in [0.05, 0.1) is 0 Å². The fourth-order valence-corrected chi connectivity index (χ4v) is 2.37. The van der Waals surface area contributed by atoms with Crippen molar-refractivity contribution < 1.29 is 0 Å². The predicted octanol–water partition coefficient (Wildman–Crippen LogP) is 2.17. The molecule has 98 valence electrons. The highest BCUT2D eigenvalue weighted by molar-refractivity contribution is 5.84. The fourth-order valence-electron chi connectivity index (χ4n) is 2.37. The van der Waals surface area contributed by atoms with E-state index in [4.69, 9.17) is 0 Å². The Morgan fingerprint density at radius 1 is 1.22 bits per heavy atom. The van der Waals surface area contributed by atoms with Gasteiger partial charge in [-0.15, -0.1) is 0 Å². The molecule has 0 radical (unpaired) electrons. The van der Waals surface area contributed by atoms with Crippen LogP contribution >= 0.6 is 0 Å². The molecular weight excluding hydrogens is 222 g/mol. The largest absolute Gasteiger partial charge is 0.358 e. The maximum absolute atomic E-state index is 3.46. The van der Waals surface area contributed by atoms with Crippen LogP contribution in [0.4, 0.5) is 0 Å². The van der Waals surface area contributed by atoms with Crippen molar-refractivity contribution in [3.05, 3.63) is 35.5 Å². The molecule has 3 heteroatoms. The van der Waals surface area contributed by atoms with E-state index in [2.05, 4.69) is 53.4 Å². The Bertz CT molecular complexity index is 501. The Balaban J connectivity index is 2.05. The van der Waals surface area contributed by atoms with Crippen molar-refractivity contribution in [2.24, 2.45) is 0 Å². The number of nitrogens with zero attached hydrogens (tertiary/aromatic N) is 1. The third-order valence-corrected chi connectivity index (χ3v) is 3.51. The van der Waals surface area contributed by atoms with Gasteiger partial charge in [-0.05, 0) is 39.1 Å². The van der Waals surface area contributed by atoms with Crippen molar-refractivity contribution in [3.63, 3.8) is 0 Å². The summed E-state index contributed by atoms with van der Waals surface area (Å²) >= 11 is 0. The second-order valence-electron chi connectivity index (χ2n) is 4.93. The lowest BCUT2D eigenvalue weighted by molar-refractivity contribution is 0.340. The Morgan fingerprint density at radius 2 is 2.00 bits per heavy atom. The second-order valence-corrected chi connectivity index (χ2v) is 4.93. The van der Waals surface area contributed by atoms with Gasteiger partial charge < -0.3 is 15.2 Å². The van der Waals surface area contributed by atoms with E-state index in [0.717, 1.165) is 26.1 Å². The van der Waals surface area contributed by atoms with Gasteiger partial charge in [0, 0.05) is 36.2 Å². The highest BCUT2D eigenvalue weighted by atomic mass is 15.1. The second kappa shape index (κ2) is 6.03. The SMILES string of the molecule is CNCCN(C)CCc1c(C)[nH]c2ccccc12. The van der Waals surface area contributed by atoms with Gasteiger partial charge in [0.15, 0.2) is 0 Å². The molecule has 18 heavy (non-hydrogen) atoms. The minimum Gasteiger partial charge on any atom is -0.358 e. The van der Waals surface area contributed by atoms with Gasteiger partial charge in [-0.3, -0.25) is 0 Å². The van der Waals surface area contributed by atoms with Crippen LogP contribution in [0.2, 0.25) is 0 Å². The molecule has 1 aromatic heterocycles. The van der Waals surface area contributed by atoms with Crippen LogP contribution in [-0.2, 0) is 6.42 Å². The number of benzene rings is 1. The van der Waals surface area contributed by atoms with E-state index in [-0.39, 0.29) is 0 Å². The summed E-state index contributed by atoms with van der Waals surface area (Å²) in [4.78, 5) is 5.84. The van der Waals surface area contributed by atoms with Crippen LogP contribution in [0, 0.1) is 6.92 Å². The summed E-state index contributed by atoms with van der Waals surface area (Å²) in [5.74, 6) is 0. The van der Waals surface area contributed by atoms with E-state index in [9.17, 15) is 0 Å². The van der Waals surface area contributed by atoms with Crippen LogP contribution in [0.25, 0.3) is 10.9 Å². The van der Waals surface area contributed by atoms with Gasteiger partial charge >= 0.3 is 0 Å². The lowest BCUT2D eigenvalue weighted by Crippen LogP contribution is -2.29. The topological polar surface area (TPSA) is 31.1 Å². The summed E-state index contributed by atoms with van der Waals surface area (Å²) in [6.07, 6.45) is 1.11. The van der Waals surface area contributed by atoms with E-state index in [1.807, 2.05) is 7.05 Å². The number of H-pyrrole nitrogens is 1. The van der Waals surface area contributed by atoms with Crippen molar-refractivity contribution in [3.8, 4) is 0 Å². The average molecular weight is 245 g/mol. The summed E-state index contributed by atoms with van der Waals surface area (Å²) in [6.45, 7) is 5.41. The molecule has 2 N–H and O–H groups in total. The minimum absolute atomic E-state index is 1.05. The monoisotopic (exact) mass is 245 g/mol. The van der Waals surface area contributed by atoms with Crippen molar-refractivity contribution >= 4 is 10.9 Å². The van der Waals surface area contributed by atoms with Crippen LogP contribution in [0.1, 0.15) is 11.3 Å². The van der Waals surface area contributed by atoms with E-state index in [0.29, 0.717) is 0 Å². The molecule has 0 spiro atoms. The molecule has 3 nitrogen and oxygen atoms in total. The minimum atomic E-state index is 1.05. The first-order valence-corrected chi connectivity index (χ1v) is 6.61. The lowest BCUT2D eigenvalue weighted by atomic mass is 10.1. The number of aromatic amines is 1. The van der Waals surface area contributed by atoms with Crippen molar-refractivity contribution in [1.82, 2.24) is 15.2 Å². The molecule has 0 bridgehead atoms. The van der Waals surface area contributed by atoms with Crippen molar-refractivity contribution in [1.29, 1.82) is 0 Å². The van der Waals surface area contributed by atoms with Crippen LogP contribution in [0.5, 0.6) is 0 Å². The van der Waals surface area contributed by atoms with Gasteiger partial charge in [0.1, 0.15) is 0 Å². The van der Waals surface area contributed by atoms with Crippen LogP contribution < -0.4 is 5.32 Å². The number of rotatable bonds is 6. The van der Waals surface area contributed by atoms with Gasteiger partial charge in [0.2, 0.25) is 0 Å². The maximum atomic E-state index is 3.46. The molecule has 0 fully saturated rings. The number of nitrogens with one attached hydrogen (secondary N) is 2. The fraction of sp³-hybridized carbons (Fsp3) is 0.467. The van der Waals surface area contributed by atoms with Gasteiger partial charge in [-0.2, -0.15) is 0 Å². The highest BCUT2D eigenvalue weighted by Crippen LogP contribution is 2.22. The molecular formula is C15H23N3. The Labute approximate surface area is 109 Å². The number of aryl methyl sites for hydroxylation is 1. The first kappa shape index (κ1) is 13.1. The van der Waals surface area contributed by atoms with Crippen molar-refractivity contribution in [2.75, 3.05) is 33.7 Å². The normalized spacial score (nSPS) is 11.6. The third kappa shape index (κ3) is 2.92. The molecule has 2 rings (SSSR count). The molecule has 0 aliphatic rings. The zero-order valence-corrected chi connectivity index (χ0v) is 11.6. The number of hydrogen-bond donors (Lipinski definition) is 2. The molecule has 0 aliphatic carbocycles. The Morgan fingerprint density at radius 3 is 2.78 bits per heavy atom. The van der Waals surface area contributed by atoms with Gasteiger partial charge in [-0.25, -0.2) is 0 Å². The quantitative estimate of drug-likeness (QED) is 0.817. The molecule has 1 aromatic carbocycles. The highest BCUT2D eigenvalue weighted by Gasteiger charge is 2.08. The molecule has 0 saturated heterocycles.